The summed E-state index contributed by atoms with van der Waals surface area (Å²) in [4.78, 5) is 36.0. The van der Waals surface area contributed by atoms with Crippen LogP contribution in [0.2, 0.25) is 0 Å². The normalized spacial score (nSPS) is 12.7. The summed E-state index contributed by atoms with van der Waals surface area (Å²) < 4.78 is 15.3. The predicted molar refractivity (Wildman–Crippen MR) is 104 cm³/mol. The highest BCUT2D eigenvalue weighted by molar-refractivity contribution is 5.82. The Morgan fingerprint density at radius 3 is 1.93 bits per heavy atom. The molecule has 7 heteroatoms. The summed E-state index contributed by atoms with van der Waals surface area (Å²) in [6.07, 6.45) is -3.68. The fraction of sp³-hybridized carbons (Fsp3) is 0.318. The average molecular weight is 400 g/mol. The van der Waals surface area contributed by atoms with Gasteiger partial charge >= 0.3 is 18.1 Å². The van der Waals surface area contributed by atoms with Crippen molar-refractivity contribution in [2.75, 3.05) is 0 Å². The standard InChI is InChI=1S/C22H24O7/c1-15(2)19(20(23)24)29-21(25)18(13-16-9-5-3-6-10-16)28-22(26)27-14-17-11-7-4-8-12-17/h3-12,15,18-19H,13-14H2,1-2H3,(H,23,24)/t18-,19-/m0/s1. The fourth-order valence-electron chi connectivity index (χ4n) is 2.54. The van der Waals surface area contributed by atoms with Gasteiger partial charge in [-0.15, -0.1) is 0 Å². The first kappa shape index (κ1) is 21.9. The number of hydrogen-bond acceptors (Lipinski definition) is 6. The van der Waals surface area contributed by atoms with E-state index >= 15 is 0 Å². The fourth-order valence-corrected chi connectivity index (χ4v) is 2.54. The SMILES string of the molecule is CC(C)[C@H](OC(=O)[C@H](Cc1ccccc1)OC(=O)OCc1ccccc1)C(=O)O. The number of carboxylic acid groups (broad SMARTS) is 1. The highest BCUT2D eigenvalue weighted by Gasteiger charge is 2.32. The molecule has 0 amide bonds. The van der Waals surface area contributed by atoms with Crippen LogP contribution >= 0.6 is 0 Å². The minimum atomic E-state index is -1.34. The van der Waals surface area contributed by atoms with Gasteiger partial charge < -0.3 is 19.3 Å². The van der Waals surface area contributed by atoms with Gasteiger partial charge in [-0.05, 0) is 11.1 Å². The summed E-state index contributed by atoms with van der Waals surface area (Å²) in [6, 6.07) is 17.9. The molecule has 2 atom stereocenters. The molecule has 0 bridgehead atoms. The van der Waals surface area contributed by atoms with Gasteiger partial charge in [-0.25, -0.2) is 14.4 Å². The van der Waals surface area contributed by atoms with E-state index in [1.165, 1.54) is 0 Å². The second-order valence-electron chi connectivity index (χ2n) is 6.76. The molecule has 0 fully saturated rings. The van der Waals surface area contributed by atoms with Crippen molar-refractivity contribution < 1.29 is 33.7 Å². The number of rotatable bonds is 9. The molecule has 2 aromatic rings. The van der Waals surface area contributed by atoms with Gasteiger partial charge in [0, 0.05) is 12.3 Å². The maximum absolute atomic E-state index is 12.6. The van der Waals surface area contributed by atoms with E-state index < -0.39 is 36.2 Å². The Morgan fingerprint density at radius 2 is 1.41 bits per heavy atom. The van der Waals surface area contributed by atoms with E-state index in [4.69, 9.17) is 14.2 Å². The molecule has 0 saturated heterocycles. The Balaban J connectivity index is 2.06. The Hall–Kier alpha value is -3.35. The van der Waals surface area contributed by atoms with E-state index in [2.05, 4.69) is 0 Å². The molecule has 154 valence electrons. The molecule has 0 saturated carbocycles. The van der Waals surface area contributed by atoms with Gasteiger partial charge in [-0.1, -0.05) is 74.5 Å². The summed E-state index contributed by atoms with van der Waals surface area (Å²) in [7, 11) is 0. The lowest BCUT2D eigenvalue weighted by atomic mass is 10.1. The van der Waals surface area contributed by atoms with Gasteiger partial charge in [0.05, 0.1) is 0 Å². The molecule has 7 nitrogen and oxygen atoms in total. The number of benzene rings is 2. The lowest BCUT2D eigenvalue weighted by Crippen LogP contribution is -2.38. The number of carbonyl (C=O) groups excluding carboxylic acids is 2. The maximum atomic E-state index is 12.6. The summed E-state index contributed by atoms with van der Waals surface area (Å²) in [5.41, 5.74) is 1.49. The van der Waals surface area contributed by atoms with Crippen LogP contribution in [0.5, 0.6) is 0 Å². The third-order valence-electron chi connectivity index (χ3n) is 4.06. The van der Waals surface area contributed by atoms with Crippen LogP contribution in [0.1, 0.15) is 25.0 Å². The van der Waals surface area contributed by atoms with Crippen LogP contribution in [-0.4, -0.2) is 35.4 Å². The van der Waals surface area contributed by atoms with Crippen molar-refractivity contribution in [2.45, 2.75) is 39.1 Å². The molecule has 2 aromatic carbocycles. The first-order chi connectivity index (χ1) is 13.9. The zero-order valence-electron chi connectivity index (χ0n) is 16.3. The molecule has 0 aliphatic heterocycles. The number of esters is 1. The smallest absolute Gasteiger partial charge is 0.478 e. The lowest BCUT2D eigenvalue weighted by molar-refractivity contribution is -0.174. The molecule has 0 spiro atoms. The van der Waals surface area contributed by atoms with Crippen LogP contribution in [0.4, 0.5) is 4.79 Å². The molecule has 0 aliphatic carbocycles. The Kier molecular flexibility index (Phi) is 8.21. The van der Waals surface area contributed by atoms with E-state index in [0.717, 1.165) is 11.1 Å². The second kappa shape index (κ2) is 10.8. The molecule has 0 radical (unpaired) electrons. The number of hydrogen-bond donors (Lipinski definition) is 1. The van der Waals surface area contributed by atoms with Crippen molar-refractivity contribution in [3.63, 3.8) is 0 Å². The highest BCUT2D eigenvalue weighted by Crippen LogP contribution is 2.14. The van der Waals surface area contributed by atoms with Crippen LogP contribution in [0.3, 0.4) is 0 Å². The number of carboxylic acids is 1. The quantitative estimate of drug-likeness (QED) is 0.642. The molecule has 0 aromatic heterocycles. The molecule has 0 aliphatic rings. The van der Waals surface area contributed by atoms with Crippen molar-refractivity contribution in [2.24, 2.45) is 5.92 Å². The largest absolute Gasteiger partial charge is 0.509 e. The minimum Gasteiger partial charge on any atom is -0.478 e. The van der Waals surface area contributed by atoms with Crippen molar-refractivity contribution in [3.8, 4) is 0 Å². The Morgan fingerprint density at radius 1 is 0.862 bits per heavy atom. The van der Waals surface area contributed by atoms with Crippen molar-refractivity contribution >= 4 is 18.1 Å². The van der Waals surface area contributed by atoms with Crippen LogP contribution < -0.4 is 0 Å². The molecule has 2 rings (SSSR count). The van der Waals surface area contributed by atoms with Crippen molar-refractivity contribution in [1.82, 2.24) is 0 Å². The summed E-state index contributed by atoms with van der Waals surface area (Å²) in [6.45, 7) is 3.22. The molecular formula is C22H24O7. The zero-order valence-corrected chi connectivity index (χ0v) is 16.3. The van der Waals surface area contributed by atoms with E-state index in [0.29, 0.717) is 0 Å². The highest BCUT2D eigenvalue weighted by atomic mass is 16.7. The topological polar surface area (TPSA) is 99.1 Å². The van der Waals surface area contributed by atoms with Gasteiger partial charge in [0.15, 0.2) is 0 Å². The zero-order chi connectivity index (χ0) is 21.2. The lowest BCUT2D eigenvalue weighted by Gasteiger charge is -2.21. The van der Waals surface area contributed by atoms with Crippen molar-refractivity contribution in [3.05, 3.63) is 71.8 Å². The Bertz CT molecular complexity index is 802. The van der Waals surface area contributed by atoms with Gasteiger partial charge in [-0.3, -0.25) is 0 Å². The third kappa shape index (κ3) is 7.29. The third-order valence-corrected chi connectivity index (χ3v) is 4.06. The van der Waals surface area contributed by atoms with E-state index in [1.54, 1.807) is 62.4 Å². The summed E-state index contributed by atoms with van der Waals surface area (Å²) >= 11 is 0. The maximum Gasteiger partial charge on any atom is 0.509 e. The van der Waals surface area contributed by atoms with Crippen LogP contribution in [0, 0.1) is 5.92 Å². The minimum absolute atomic E-state index is 0.0173. The molecular weight excluding hydrogens is 376 g/mol. The van der Waals surface area contributed by atoms with Crippen LogP contribution in [0.15, 0.2) is 60.7 Å². The molecule has 0 unspecified atom stereocenters. The van der Waals surface area contributed by atoms with Gasteiger partial charge in [0.1, 0.15) is 6.61 Å². The van der Waals surface area contributed by atoms with Crippen LogP contribution in [0.25, 0.3) is 0 Å². The Labute approximate surface area is 169 Å². The van der Waals surface area contributed by atoms with Gasteiger partial charge in [0.25, 0.3) is 0 Å². The number of aliphatic carboxylic acids is 1. The molecule has 0 heterocycles. The van der Waals surface area contributed by atoms with E-state index in [1.807, 2.05) is 12.1 Å². The van der Waals surface area contributed by atoms with Gasteiger partial charge in [0.2, 0.25) is 12.2 Å². The van der Waals surface area contributed by atoms with Crippen LogP contribution in [-0.2, 0) is 36.8 Å². The summed E-state index contributed by atoms with van der Waals surface area (Å²) in [5, 5.41) is 9.25. The predicted octanol–water partition coefficient (Wildman–Crippen LogP) is 3.60. The first-order valence-electron chi connectivity index (χ1n) is 9.21. The van der Waals surface area contributed by atoms with Crippen molar-refractivity contribution in [1.29, 1.82) is 0 Å². The van der Waals surface area contributed by atoms with Gasteiger partial charge in [-0.2, -0.15) is 0 Å². The summed E-state index contributed by atoms with van der Waals surface area (Å²) in [5.74, 6) is -2.65. The van der Waals surface area contributed by atoms with E-state index in [9.17, 15) is 19.5 Å². The monoisotopic (exact) mass is 400 g/mol. The number of ether oxygens (including phenoxy) is 3. The average Bonchev–Trinajstić information content (AvgIpc) is 2.71. The number of carbonyl (C=O) groups is 3. The van der Waals surface area contributed by atoms with E-state index in [-0.39, 0.29) is 13.0 Å². The molecule has 29 heavy (non-hydrogen) atoms. The second-order valence-corrected chi connectivity index (χ2v) is 6.76. The molecule has 1 N–H and O–H groups in total. The first-order valence-corrected chi connectivity index (χ1v) is 9.21.